The Morgan fingerprint density at radius 3 is 2.73 bits per heavy atom. The van der Waals surface area contributed by atoms with Crippen LogP contribution in [0.1, 0.15) is 18.9 Å². The summed E-state index contributed by atoms with van der Waals surface area (Å²) in [5.74, 6) is 0.0833. The quantitative estimate of drug-likeness (QED) is 0.591. The zero-order chi connectivity index (χ0) is 16.4. The smallest absolute Gasteiger partial charge is 0.417 e. The van der Waals surface area contributed by atoms with Crippen LogP contribution >= 0.6 is 0 Å². The van der Waals surface area contributed by atoms with Crippen molar-refractivity contribution >= 4 is 0 Å². The second-order valence-electron chi connectivity index (χ2n) is 4.11. The Labute approximate surface area is 127 Å². The standard InChI is InChI=1S/C16H17F3N2O/c1-3-5-7-14(20-4-2)8-6-11-22-15-10-9-13(12-21-15)16(17,18)19/h4-12,20H,2-3H2,1H3/b7-5-,11-6+,14-8+. The zero-order valence-electron chi connectivity index (χ0n) is 12.1. The number of nitrogens with one attached hydrogen (secondary N) is 1. The van der Waals surface area contributed by atoms with Gasteiger partial charge in [-0.1, -0.05) is 19.6 Å². The van der Waals surface area contributed by atoms with Gasteiger partial charge in [0, 0.05) is 18.0 Å². The Balaban J connectivity index is 2.64. The van der Waals surface area contributed by atoms with Crippen LogP contribution in [0.5, 0.6) is 5.88 Å². The summed E-state index contributed by atoms with van der Waals surface area (Å²) in [7, 11) is 0. The number of pyridine rings is 1. The molecule has 0 radical (unpaired) electrons. The van der Waals surface area contributed by atoms with E-state index in [1.165, 1.54) is 12.5 Å². The van der Waals surface area contributed by atoms with E-state index < -0.39 is 11.7 Å². The van der Waals surface area contributed by atoms with E-state index >= 15 is 0 Å². The Kier molecular flexibility index (Phi) is 6.95. The van der Waals surface area contributed by atoms with Crippen molar-refractivity contribution in [2.45, 2.75) is 19.5 Å². The van der Waals surface area contributed by atoms with Crippen LogP contribution in [0.3, 0.4) is 0 Å². The largest absolute Gasteiger partial charge is 0.447 e. The van der Waals surface area contributed by atoms with Gasteiger partial charge in [0.1, 0.15) is 0 Å². The minimum absolute atomic E-state index is 0.0833. The molecule has 0 fully saturated rings. The maximum Gasteiger partial charge on any atom is 0.417 e. The summed E-state index contributed by atoms with van der Waals surface area (Å²) in [6.07, 6.45) is 7.28. The molecule has 0 aromatic carbocycles. The second-order valence-corrected chi connectivity index (χ2v) is 4.11. The van der Waals surface area contributed by atoms with Crippen LogP contribution in [-0.4, -0.2) is 4.98 Å². The lowest BCUT2D eigenvalue weighted by Gasteiger charge is -2.05. The van der Waals surface area contributed by atoms with Crippen LogP contribution in [0.25, 0.3) is 0 Å². The van der Waals surface area contributed by atoms with Crippen LogP contribution in [0.4, 0.5) is 13.2 Å². The summed E-state index contributed by atoms with van der Waals surface area (Å²) in [6.45, 7) is 5.58. The molecule has 3 nitrogen and oxygen atoms in total. The number of alkyl halides is 3. The van der Waals surface area contributed by atoms with Crippen LogP contribution in [0.2, 0.25) is 0 Å². The van der Waals surface area contributed by atoms with Crippen molar-refractivity contribution in [2.75, 3.05) is 0 Å². The fourth-order valence-electron chi connectivity index (χ4n) is 1.38. The molecule has 0 amide bonds. The number of ether oxygens (including phenoxy) is 1. The van der Waals surface area contributed by atoms with Gasteiger partial charge < -0.3 is 10.1 Å². The topological polar surface area (TPSA) is 34.1 Å². The molecule has 0 aliphatic carbocycles. The molecule has 1 aromatic heterocycles. The Bertz CT molecular complexity index is 558. The first-order valence-corrected chi connectivity index (χ1v) is 6.58. The molecule has 0 bridgehead atoms. The van der Waals surface area contributed by atoms with E-state index in [4.69, 9.17) is 4.74 Å². The summed E-state index contributed by atoms with van der Waals surface area (Å²) in [5.41, 5.74) is -0.0111. The van der Waals surface area contributed by atoms with Gasteiger partial charge in [-0.3, -0.25) is 0 Å². The summed E-state index contributed by atoms with van der Waals surface area (Å²) in [6, 6.07) is 2.08. The maximum absolute atomic E-state index is 12.4. The molecule has 1 rings (SSSR count). The molecule has 1 aromatic rings. The highest BCUT2D eigenvalue weighted by Gasteiger charge is 2.30. The Morgan fingerprint density at radius 1 is 1.41 bits per heavy atom. The third kappa shape index (κ3) is 6.30. The molecule has 0 spiro atoms. The van der Waals surface area contributed by atoms with Crippen molar-refractivity contribution in [2.24, 2.45) is 0 Å². The first-order valence-electron chi connectivity index (χ1n) is 6.58. The third-order valence-electron chi connectivity index (χ3n) is 2.41. The van der Waals surface area contributed by atoms with Gasteiger partial charge >= 0.3 is 6.18 Å². The van der Waals surface area contributed by atoms with Crippen LogP contribution in [0.15, 0.2) is 67.4 Å². The van der Waals surface area contributed by atoms with E-state index in [-0.39, 0.29) is 5.88 Å². The molecule has 6 heteroatoms. The van der Waals surface area contributed by atoms with Crippen molar-refractivity contribution in [3.8, 4) is 5.88 Å². The van der Waals surface area contributed by atoms with Crippen molar-refractivity contribution in [3.63, 3.8) is 0 Å². The molecule has 22 heavy (non-hydrogen) atoms. The molecule has 0 saturated heterocycles. The normalized spacial score (nSPS) is 12.8. The lowest BCUT2D eigenvalue weighted by atomic mass is 10.3. The first kappa shape index (κ1) is 17.6. The van der Waals surface area contributed by atoms with E-state index in [1.807, 2.05) is 19.1 Å². The molecule has 0 aliphatic rings. The SMILES string of the molecule is C=CNC(/C=C\CC)=C/C=C/Oc1ccc(C(F)(F)F)cn1. The highest BCUT2D eigenvalue weighted by Crippen LogP contribution is 2.29. The van der Waals surface area contributed by atoms with Crippen LogP contribution in [0, 0.1) is 0 Å². The highest BCUT2D eigenvalue weighted by atomic mass is 19.4. The molecular formula is C16H17F3N2O. The maximum atomic E-state index is 12.4. The van der Waals surface area contributed by atoms with Gasteiger partial charge in [0.05, 0.1) is 11.8 Å². The van der Waals surface area contributed by atoms with Gasteiger partial charge in [-0.2, -0.15) is 13.2 Å². The lowest BCUT2D eigenvalue weighted by molar-refractivity contribution is -0.137. The molecule has 0 aliphatic heterocycles. The first-order chi connectivity index (χ1) is 10.5. The fourth-order valence-corrected chi connectivity index (χ4v) is 1.38. The molecule has 0 saturated carbocycles. The zero-order valence-corrected chi connectivity index (χ0v) is 12.1. The van der Waals surface area contributed by atoms with Crippen molar-refractivity contribution in [3.05, 3.63) is 72.9 Å². The van der Waals surface area contributed by atoms with Gasteiger partial charge in [-0.05, 0) is 36.9 Å². The molecule has 0 unspecified atom stereocenters. The number of allylic oxidation sites excluding steroid dienone is 4. The predicted molar refractivity (Wildman–Crippen MR) is 79.9 cm³/mol. The van der Waals surface area contributed by atoms with E-state index in [9.17, 15) is 13.2 Å². The summed E-state index contributed by atoms with van der Waals surface area (Å²) >= 11 is 0. The van der Waals surface area contributed by atoms with Crippen molar-refractivity contribution in [1.29, 1.82) is 0 Å². The monoisotopic (exact) mass is 310 g/mol. The van der Waals surface area contributed by atoms with Gasteiger partial charge in [0.25, 0.3) is 0 Å². The van der Waals surface area contributed by atoms with Crippen LogP contribution < -0.4 is 10.1 Å². The minimum Gasteiger partial charge on any atom is -0.447 e. The number of halogens is 3. The number of aromatic nitrogens is 1. The fraction of sp³-hybridized carbons (Fsp3) is 0.188. The predicted octanol–water partition coefficient (Wildman–Crippen LogP) is 4.58. The van der Waals surface area contributed by atoms with Gasteiger partial charge in [0.2, 0.25) is 5.88 Å². The van der Waals surface area contributed by atoms with Crippen LogP contribution in [-0.2, 0) is 6.18 Å². The Hall–Kier alpha value is -2.50. The average Bonchev–Trinajstić information content (AvgIpc) is 2.48. The van der Waals surface area contributed by atoms with E-state index in [0.717, 1.165) is 30.4 Å². The van der Waals surface area contributed by atoms with Gasteiger partial charge in [-0.15, -0.1) is 0 Å². The second kappa shape index (κ2) is 8.71. The van der Waals surface area contributed by atoms with Gasteiger partial charge in [0.15, 0.2) is 0 Å². The van der Waals surface area contributed by atoms with Crippen molar-refractivity contribution in [1.82, 2.24) is 10.3 Å². The van der Waals surface area contributed by atoms with E-state index in [0.29, 0.717) is 0 Å². The molecule has 1 N–H and O–H groups in total. The lowest BCUT2D eigenvalue weighted by Crippen LogP contribution is -2.05. The number of hydrogen-bond donors (Lipinski definition) is 1. The Morgan fingerprint density at radius 2 is 2.18 bits per heavy atom. The summed E-state index contributed by atoms with van der Waals surface area (Å²) in [4.78, 5) is 3.59. The molecule has 1 heterocycles. The highest BCUT2D eigenvalue weighted by molar-refractivity contribution is 5.24. The minimum atomic E-state index is -4.40. The molecular weight excluding hydrogens is 293 g/mol. The summed E-state index contributed by atoms with van der Waals surface area (Å²) < 4.78 is 42.2. The summed E-state index contributed by atoms with van der Waals surface area (Å²) in [5, 5.41) is 2.93. The number of hydrogen-bond acceptors (Lipinski definition) is 3. The van der Waals surface area contributed by atoms with E-state index in [1.54, 1.807) is 12.2 Å². The van der Waals surface area contributed by atoms with E-state index in [2.05, 4.69) is 16.9 Å². The van der Waals surface area contributed by atoms with Crippen molar-refractivity contribution < 1.29 is 17.9 Å². The van der Waals surface area contributed by atoms with Gasteiger partial charge in [-0.25, -0.2) is 4.98 Å². The molecule has 0 atom stereocenters. The molecule has 118 valence electrons. The number of rotatable bonds is 7. The number of nitrogens with zero attached hydrogens (tertiary/aromatic N) is 1. The average molecular weight is 310 g/mol. The third-order valence-corrected chi connectivity index (χ3v) is 2.41.